The number of ether oxygens (including phenoxy) is 1. The molecule has 0 saturated heterocycles. The van der Waals surface area contributed by atoms with Gasteiger partial charge >= 0.3 is 6.09 Å². The lowest BCUT2D eigenvalue weighted by atomic mass is 10.0. The van der Waals surface area contributed by atoms with Crippen molar-refractivity contribution in [3.8, 4) is 11.8 Å². The third kappa shape index (κ3) is 6.37. The molecule has 3 rings (SSSR count). The van der Waals surface area contributed by atoms with Crippen LogP contribution in [0, 0.1) is 11.8 Å². The van der Waals surface area contributed by atoms with Crippen LogP contribution in [0.15, 0.2) is 84.9 Å². The number of benzene rings is 3. The van der Waals surface area contributed by atoms with Gasteiger partial charge in [0.1, 0.15) is 6.61 Å². The monoisotopic (exact) mass is 383 g/mol. The van der Waals surface area contributed by atoms with E-state index in [4.69, 9.17) is 4.74 Å². The van der Waals surface area contributed by atoms with E-state index in [9.17, 15) is 9.59 Å². The van der Waals surface area contributed by atoms with E-state index in [0.717, 1.165) is 11.1 Å². The molecule has 0 aromatic heterocycles. The highest BCUT2D eigenvalue weighted by molar-refractivity contribution is 6.08. The molecule has 0 spiro atoms. The zero-order valence-corrected chi connectivity index (χ0v) is 15.9. The Kier molecular flexibility index (Phi) is 7.20. The molecular formula is C25H21NO3. The molecule has 0 radical (unpaired) electrons. The van der Waals surface area contributed by atoms with Gasteiger partial charge in [-0.3, -0.25) is 4.79 Å². The second-order valence-corrected chi connectivity index (χ2v) is 6.31. The Hall–Kier alpha value is -3.84. The number of ketones is 1. The zero-order chi connectivity index (χ0) is 20.3. The molecule has 0 saturated carbocycles. The van der Waals surface area contributed by atoms with Crippen molar-refractivity contribution in [2.75, 3.05) is 6.54 Å². The Morgan fingerprint density at radius 2 is 1.41 bits per heavy atom. The summed E-state index contributed by atoms with van der Waals surface area (Å²) in [6, 6.07) is 25.9. The highest BCUT2D eigenvalue weighted by Gasteiger charge is 2.07. The number of alkyl carbamates (subject to hydrolysis) is 1. The number of carbonyl (C=O) groups excluding carboxylic acids is 2. The molecule has 0 heterocycles. The lowest BCUT2D eigenvalue weighted by Crippen LogP contribution is -2.24. The van der Waals surface area contributed by atoms with E-state index in [1.54, 1.807) is 24.3 Å². The van der Waals surface area contributed by atoms with Crippen LogP contribution in [-0.4, -0.2) is 18.4 Å². The van der Waals surface area contributed by atoms with Crippen LogP contribution in [0.3, 0.4) is 0 Å². The van der Waals surface area contributed by atoms with Crippen molar-refractivity contribution in [1.82, 2.24) is 5.32 Å². The number of hydrogen-bond donors (Lipinski definition) is 1. The molecule has 1 amide bonds. The predicted octanol–water partition coefficient (Wildman–Crippen LogP) is 4.59. The topological polar surface area (TPSA) is 55.4 Å². The summed E-state index contributed by atoms with van der Waals surface area (Å²) in [6.45, 7) is 0.650. The summed E-state index contributed by atoms with van der Waals surface area (Å²) in [6.07, 6.45) is 0.0462. The third-order valence-electron chi connectivity index (χ3n) is 4.15. The minimum absolute atomic E-state index is 0.0108. The van der Waals surface area contributed by atoms with Gasteiger partial charge in [-0.2, -0.15) is 0 Å². The van der Waals surface area contributed by atoms with Gasteiger partial charge in [0, 0.05) is 29.7 Å². The van der Waals surface area contributed by atoms with E-state index in [0.29, 0.717) is 24.1 Å². The quantitative estimate of drug-likeness (QED) is 0.385. The van der Waals surface area contributed by atoms with Crippen LogP contribution in [-0.2, 0) is 11.3 Å². The number of nitrogens with one attached hydrogen (secondary N) is 1. The summed E-state index contributed by atoms with van der Waals surface area (Å²) in [5.41, 5.74) is 3.05. The lowest BCUT2D eigenvalue weighted by Gasteiger charge is -2.05. The number of carbonyl (C=O) groups is 2. The van der Waals surface area contributed by atoms with Crippen LogP contribution >= 0.6 is 0 Å². The molecule has 0 unspecified atom stereocenters. The van der Waals surface area contributed by atoms with Gasteiger partial charge in [-0.15, -0.1) is 0 Å². The summed E-state index contributed by atoms with van der Waals surface area (Å²) in [5.74, 6) is 6.02. The maximum Gasteiger partial charge on any atom is 0.407 e. The summed E-state index contributed by atoms with van der Waals surface area (Å²) in [5, 5.41) is 2.67. The first-order chi connectivity index (χ1) is 14.2. The van der Waals surface area contributed by atoms with Crippen LogP contribution in [0.2, 0.25) is 0 Å². The standard InChI is InChI=1S/C25H21NO3/c27-24(22-12-5-2-6-13-22)23-16-14-20(15-17-23)9-7-8-18-26-25(28)29-19-21-10-3-1-4-11-21/h1-6,10-17H,8,18-19H2,(H,26,28). The molecule has 4 heteroatoms. The molecule has 0 aliphatic rings. The molecule has 3 aromatic carbocycles. The molecule has 4 nitrogen and oxygen atoms in total. The molecule has 0 atom stereocenters. The molecule has 1 N–H and O–H groups in total. The van der Waals surface area contributed by atoms with Crippen molar-refractivity contribution in [1.29, 1.82) is 0 Å². The molecule has 3 aromatic rings. The van der Waals surface area contributed by atoms with Crippen LogP contribution in [0.4, 0.5) is 4.79 Å². The van der Waals surface area contributed by atoms with Gasteiger partial charge in [-0.25, -0.2) is 4.79 Å². The normalized spacial score (nSPS) is 9.79. The minimum atomic E-state index is -0.459. The van der Waals surface area contributed by atoms with Crippen LogP contribution in [0.5, 0.6) is 0 Å². The number of rotatable bonds is 6. The molecule has 144 valence electrons. The molecule has 29 heavy (non-hydrogen) atoms. The maximum absolute atomic E-state index is 12.4. The third-order valence-corrected chi connectivity index (χ3v) is 4.15. The Bertz CT molecular complexity index is 1000. The largest absolute Gasteiger partial charge is 0.445 e. The first-order valence-electron chi connectivity index (χ1n) is 9.35. The van der Waals surface area contributed by atoms with Gasteiger partial charge in [0.05, 0.1) is 0 Å². The van der Waals surface area contributed by atoms with Crippen molar-refractivity contribution < 1.29 is 14.3 Å². The zero-order valence-electron chi connectivity index (χ0n) is 15.9. The van der Waals surface area contributed by atoms with Gasteiger partial charge < -0.3 is 10.1 Å². The Balaban J connectivity index is 1.41. The summed E-state index contributed by atoms with van der Waals surface area (Å²) < 4.78 is 5.13. The fourth-order valence-electron chi connectivity index (χ4n) is 2.63. The van der Waals surface area contributed by atoms with E-state index < -0.39 is 6.09 Å². The van der Waals surface area contributed by atoms with E-state index in [1.165, 1.54) is 0 Å². The summed E-state index contributed by atoms with van der Waals surface area (Å²) in [4.78, 5) is 24.0. The Morgan fingerprint density at radius 3 is 2.10 bits per heavy atom. The molecular weight excluding hydrogens is 362 g/mol. The van der Waals surface area contributed by atoms with Crippen molar-refractivity contribution >= 4 is 11.9 Å². The number of amides is 1. The molecule has 0 fully saturated rings. The average molecular weight is 383 g/mol. The Labute approximate surface area is 170 Å². The van der Waals surface area contributed by atoms with E-state index in [-0.39, 0.29) is 12.4 Å². The highest BCUT2D eigenvalue weighted by atomic mass is 16.5. The fourth-order valence-corrected chi connectivity index (χ4v) is 2.63. The van der Waals surface area contributed by atoms with Crippen molar-refractivity contribution in [2.24, 2.45) is 0 Å². The predicted molar refractivity (Wildman–Crippen MR) is 112 cm³/mol. The maximum atomic E-state index is 12.4. The fraction of sp³-hybridized carbons (Fsp3) is 0.120. The van der Waals surface area contributed by atoms with E-state index in [2.05, 4.69) is 17.2 Å². The SMILES string of the molecule is O=C(NCCC#Cc1ccc(C(=O)c2ccccc2)cc1)OCc1ccccc1. The van der Waals surface area contributed by atoms with Crippen molar-refractivity contribution in [3.05, 3.63) is 107 Å². The first-order valence-corrected chi connectivity index (χ1v) is 9.35. The van der Waals surface area contributed by atoms with Gasteiger partial charge in [0.25, 0.3) is 0 Å². The van der Waals surface area contributed by atoms with Gasteiger partial charge in [0.15, 0.2) is 5.78 Å². The van der Waals surface area contributed by atoms with E-state index >= 15 is 0 Å². The first kappa shape index (κ1) is 19.9. The van der Waals surface area contributed by atoms with Gasteiger partial charge in [-0.1, -0.05) is 72.5 Å². The summed E-state index contributed by atoms with van der Waals surface area (Å²) in [7, 11) is 0. The van der Waals surface area contributed by atoms with Gasteiger partial charge in [0.2, 0.25) is 0 Å². The second kappa shape index (κ2) is 10.5. The number of hydrogen-bond acceptors (Lipinski definition) is 3. The van der Waals surface area contributed by atoms with Crippen LogP contribution in [0.25, 0.3) is 0 Å². The second-order valence-electron chi connectivity index (χ2n) is 6.31. The van der Waals surface area contributed by atoms with Gasteiger partial charge in [-0.05, 0) is 29.8 Å². The smallest absolute Gasteiger partial charge is 0.407 e. The van der Waals surface area contributed by atoms with Crippen molar-refractivity contribution in [2.45, 2.75) is 13.0 Å². The average Bonchev–Trinajstić information content (AvgIpc) is 2.79. The van der Waals surface area contributed by atoms with Crippen LogP contribution in [0.1, 0.15) is 33.5 Å². The summed E-state index contributed by atoms with van der Waals surface area (Å²) >= 11 is 0. The Morgan fingerprint density at radius 1 is 0.793 bits per heavy atom. The molecule has 0 bridgehead atoms. The highest BCUT2D eigenvalue weighted by Crippen LogP contribution is 2.10. The van der Waals surface area contributed by atoms with Crippen molar-refractivity contribution in [3.63, 3.8) is 0 Å². The lowest BCUT2D eigenvalue weighted by molar-refractivity contribution is 0.103. The van der Waals surface area contributed by atoms with Crippen LogP contribution < -0.4 is 5.32 Å². The minimum Gasteiger partial charge on any atom is -0.445 e. The van der Waals surface area contributed by atoms with E-state index in [1.807, 2.05) is 60.7 Å². The molecule has 0 aliphatic carbocycles. The molecule has 0 aliphatic heterocycles.